The van der Waals surface area contributed by atoms with E-state index in [2.05, 4.69) is 75.9 Å². The van der Waals surface area contributed by atoms with E-state index in [9.17, 15) is 0 Å². The average molecular weight is 391 g/mol. The maximum Gasteiger partial charge on any atom is 0.207 e. The summed E-state index contributed by atoms with van der Waals surface area (Å²) in [7, 11) is 0. The van der Waals surface area contributed by atoms with E-state index in [0.29, 0.717) is 0 Å². The number of hydrogen-bond donors (Lipinski definition) is 0. The van der Waals surface area contributed by atoms with Crippen molar-refractivity contribution in [1.29, 1.82) is 0 Å². The van der Waals surface area contributed by atoms with Crippen LogP contribution in [0.5, 0.6) is 0 Å². The Kier molecular flexibility index (Phi) is 4.79. The molecule has 0 amide bonds. The Morgan fingerprint density at radius 1 is 0.929 bits per heavy atom. The zero-order valence-corrected chi connectivity index (χ0v) is 17.2. The van der Waals surface area contributed by atoms with Gasteiger partial charge >= 0.3 is 0 Å². The summed E-state index contributed by atoms with van der Waals surface area (Å²) in [5, 5.41) is 1.32. The smallest absolute Gasteiger partial charge is 0.207 e. The predicted molar refractivity (Wildman–Crippen MR) is 120 cm³/mol. The van der Waals surface area contributed by atoms with Gasteiger partial charge in [0.15, 0.2) is 0 Å². The quantitative estimate of drug-likeness (QED) is 0.488. The molecule has 0 saturated carbocycles. The number of piperazine rings is 1. The fourth-order valence-electron chi connectivity index (χ4n) is 4.25. The Bertz CT molecular complexity index is 1070. The second-order valence-electron chi connectivity index (χ2n) is 7.56. The summed E-state index contributed by atoms with van der Waals surface area (Å²) in [5.74, 6) is 1.13. The van der Waals surface area contributed by atoms with Crippen molar-refractivity contribution >= 4 is 37.7 Å². The van der Waals surface area contributed by atoms with Crippen LogP contribution in [-0.2, 0) is 6.54 Å². The van der Waals surface area contributed by atoms with Gasteiger partial charge in [-0.05, 0) is 24.6 Å². The first-order valence-corrected chi connectivity index (χ1v) is 11.0. The molecule has 0 radical (unpaired) electrons. The molecule has 1 aliphatic heterocycles. The molecule has 0 bridgehead atoms. The van der Waals surface area contributed by atoms with Gasteiger partial charge in [0.1, 0.15) is 4.83 Å². The highest BCUT2D eigenvalue weighted by Gasteiger charge is 2.24. The number of rotatable bonds is 5. The van der Waals surface area contributed by atoms with E-state index < -0.39 is 0 Å². The lowest BCUT2D eigenvalue weighted by molar-refractivity contribution is 0.257. The fraction of sp³-hybridized carbons (Fsp3) is 0.348. The number of imidazole rings is 1. The van der Waals surface area contributed by atoms with Crippen LogP contribution in [0.1, 0.15) is 18.9 Å². The molecular weight excluding hydrogens is 364 g/mol. The van der Waals surface area contributed by atoms with Crippen molar-refractivity contribution in [3.8, 4) is 0 Å². The van der Waals surface area contributed by atoms with Crippen LogP contribution in [-0.4, -0.2) is 47.2 Å². The fourth-order valence-corrected chi connectivity index (χ4v) is 5.33. The summed E-state index contributed by atoms with van der Waals surface area (Å²) in [4.78, 5) is 11.3. The van der Waals surface area contributed by atoms with E-state index in [1.54, 1.807) is 0 Å². The third-order valence-electron chi connectivity index (χ3n) is 5.64. The molecule has 5 heteroatoms. The zero-order valence-electron chi connectivity index (χ0n) is 16.3. The molecule has 0 spiro atoms. The molecule has 0 atom stereocenters. The van der Waals surface area contributed by atoms with Crippen molar-refractivity contribution in [2.24, 2.45) is 0 Å². The summed E-state index contributed by atoms with van der Waals surface area (Å²) >= 11 is 1.81. The van der Waals surface area contributed by atoms with Gasteiger partial charge in [-0.15, -0.1) is 11.3 Å². The van der Waals surface area contributed by atoms with Crippen LogP contribution in [0.15, 0.2) is 54.6 Å². The molecule has 0 aliphatic carbocycles. The summed E-state index contributed by atoms with van der Waals surface area (Å²) in [6.45, 7) is 8.68. The van der Waals surface area contributed by atoms with Crippen LogP contribution >= 0.6 is 11.3 Å². The highest BCUT2D eigenvalue weighted by Crippen LogP contribution is 2.37. The van der Waals surface area contributed by atoms with Crippen molar-refractivity contribution < 1.29 is 0 Å². The Morgan fingerprint density at radius 2 is 1.68 bits per heavy atom. The predicted octanol–water partition coefficient (Wildman–Crippen LogP) is 4.83. The normalized spacial score (nSPS) is 15.7. The minimum Gasteiger partial charge on any atom is -0.340 e. The molecule has 0 unspecified atom stereocenters. The van der Waals surface area contributed by atoms with E-state index in [1.165, 1.54) is 34.1 Å². The van der Waals surface area contributed by atoms with E-state index in [4.69, 9.17) is 4.98 Å². The third kappa shape index (κ3) is 3.19. The van der Waals surface area contributed by atoms with Crippen LogP contribution in [0.4, 0.5) is 5.95 Å². The van der Waals surface area contributed by atoms with Gasteiger partial charge in [0.25, 0.3) is 0 Å². The maximum atomic E-state index is 5.13. The molecule has 1 aliphatic rings. The number of hydrogen-bond acceptors (Lipinski definition) is 4. The van der Waals surface area contributed by atoms with Gasteiger partial charge in [-0.3, -0.25) is 4.90 Å². The van der Waals surface area contributed by atoms with Gasteiger partial charge in [0.05, 0.1) is 12.1 Å². The molecule has 2 aromatic carbocycles. The Labute approximate surface area is 170 Å². The van der Waals surface area contributed by atoms with Crippen molar-refractivity contribution in [2.75, 3.05) is 37.6 Å². The van der Waals surface area contributed by atoms with E-state index in [1.807, 2.05) is 11.3 Å². The minimum atomic E-state index is 0.864. The molecule has 28 heavy (non-hydrogen) atoms. The minimum absolute atomic E-state index is 0.864. The Balaban J connectivity index is 1.57. The maximum absolute atomic E-state index is 5.13. The molecule has 5 rings (SSSR count). The Morgan fingerprint density at radius 3 is 2.46 bits per heavy atom. The monoisotopic (exact) mass is 390 g/mol. The van der Waals surface area contributed by atoms with Gasteiger partial charge in [0, 0.05) is 36.3 Å². The number of benzene rings is 2. The standard InChI is InChI=1S/C23H26N4S/c1-2-12-25-13-15-26(16-14-25)23-24-22-21(19-10-6-7-11-20(19)28-22)27(23)17-18-8-4-3-5-9-18/h3-11H,2,12-17H2,1H3. The first kappa shape index (κ1) is 17.7. The number of fused-ring (bicyclic) bond motifs is 3. The van der Waals surface area contributed by atoms with E-state index in [-0.39, 0.29) is 0 Å². The van der Waals surface area contributed by atoms with Crippen LogP contribution < -0.4 is 4.90 Å². The lowest BCUT2D eigenvalue weighted by Crippen LogP contribution is -2.47. The molecule has 0 N–H and O–H groups in total. The average Bonchev–Trinajstić information content (AvgIpc) is 3.26. The van der Waals surface area contributed by atoms with Gasteiger partial charge in [-0.25, -0.2) is 4.98 Å². The molecule has 3 heterocycles. The van der Waals surface area contributed by atoms with Crippen LogP contribution in [0.3, 0.4) is 0 Å². The molecule has 1 fully saturated rings. The zero-order chi connectivity index (χ0) is 18.9. The van der Waals surface area contributed by atoms with Gasteiger partial charge < -0.3 is 9.47 Å². The Hall–Kier alpha value is -2.37. The molecule has 144 valence electrons. The SMILES string of the molecule is CCCN1CCN(c2nc3sc4ccccc4c3n2Cc2ccccc2)CC1. The summed E-state index contributed by atoms with van der Waals surface area (Å²) < 4.78 is 3.76. The van der Waals surface area contributed by atoms with Crippen molar-refractivity contribution in [3.63, 3.8) is 0 Å². The van der Waals surface area contributed by atoms with Gasteiger partial charge in [-0.2, -0.15) is 0 Å². The van der Waals surface area contributed by atoms with Gasteiger partial charge in [0.2, 0.25) is 5.95 Å². The van der Waals surface area contributed by atoms with Crippen molar-refractivity contribution in [1.82, 2.24) is 14.5 Å². The van der Waals surface area contributed by atoms with E-state index in [0.717, 1.165) is 43.5 Å². The summed E-state index contributed by atoms with van der Waals surface area (Å²) in [6, 6.07) is 19.5. The third-order valence-corrected chi connectivity index (χ3v) is 6.70. The van der Waals surface area contributed by atoms with Crippen LogP contribution in [0, 0.1) is 0 Å². The largest absolute Gasteiger partial charge is 0.340 e. The molecule has 4 nitrogen and oxygen atoms in total. The topological polar surface area (TPSA) is 24.3 Å². The summed E-state index contributed by atoms with van der Waals surface area (Å²) in [6.07, 6.45) is 1.23. The van der Waals surface area contributed by atoms with Crippen molar-refractivity contribution in [2.45, 2.75) is 19.9 Å². The van der Waals surface area contributed by atoms with Gasteiger partial charge in [-0.1, -0.05) is 55.5 Å². The highest BCUT2D eigenvalue weighted by molar-refractivity contribution is 7.25. The molecule has 4 aromatic rings. The second kappa shape index (κ2) is 7.57. The number of nitrogens with zero attached hydrogens (tertiary/aromatic N) is 4. The molecule has 2 aromatic heterocycles. The highest BCUT2D eigenvalue weighted by atomic mass is 32.1. The number of aromatic nitrogens is 2. The number of anilines is 1. The second-order valence-corrected chi connectivity index (χ2v) is 8.59. The van der Waals surface area contributed by atoms with Crippen LogP contribution in [0.2, 0.25) is 0 Å². The van der Waals surface area contributed by atoms with Crippen LogP contribution in [0.25, 0.3) is 20.4 Å². The first-order chi connectivity index (χ1) is 13.8. The molecular formula is C23H26N4S. The van der Waals surface area contributed by atoms with E-state index >= 15 is 0 Å². The first-order valence-electron chi connectivity index (χ1n) is 10.2. The van der Waals surface area contributed by atoms with Crippen molar-refractivity contribution in [3.05, 3.63) is 60.2 Å². The molecule has 1 saturated heterocycles. The lowest BCUT2D eigenvalue weighted by atomic mass is 10.2. The lowest BCUT2D eigenvalue weighted by Gasteiger charge is -2.35. The summed E-state index contributed by atoms with van der Waals surface area (Å²) in [5.41, 5.74) is 2.61. The number of thiophene rings is 1.